The van der Waals surface area contributed by atoms with E-state index in [2.05, 4.69) is 0 Å². The van der Waals surface area contributed by atoms with E-state index in [0.717, 1.165) is 0 Å². The number of aliphatic carboxylic acids is 1. The Morgan fingerprint density at radius 3 is 1.71 bits per heavy atom. The predicted octanol–water partition coefficient (Wildman–Crippen LogP) is -3.42. The Kier molecular flexibility index (Phi) is 6.65. The van der Waals surface area contributed by atoms with E-state index in [-0.39, 0.29) is 29.6 Å². The van der Waals surface area contributed by atoms with Crippen LogP contribution in [0.2, 0.25) is 0 Å². The summed E-state index contributed by atoms with van der Waals surface area (Å²) in [7, 11) is 0. The molecule has 0 radical (unpaired) electrons. The standard InChI is InChI=1S/C8H6N4O8.Na/c13-7(14)3-9-8-5(11(17)18)1-4(10(15)16)2-6(8)12(19)20;/h1-2,9H,3H2,(H,13,14);/q;+1/p-1. The summed E-state index contributed by atoms with van der Waals surface area (Å²) < 4.78 is 0. The largest absolute Gasteiger partial charge is 1.00 e. The second kappa shape index (κ2) is 7.47. The number of nitrogens with zero attached hydrogens (tertiary/aromatic N) is 3. The second-order valence-electron chi connectivity index (χ2n) is 3.36. The molecule has 0 bridgehead atoms. The number of nitro groups is 3. The third-order valence-electron chi connectivity index (χ3n) is 2.10. The zero-order valence-corrected chi connectivity index (χ0v) is 12.5. The number of benzene rings is 1. The molecule has 0 spiro atoms. The fraction of sp³-hybridized carbons (Fsp3) is 0.125. The van der Waals surface area contributed by atoms with Crippen molar-refractivity contribution in [3.63, 3.8) is 0 Å². The van der Waals surface area contributed by atoms with Crippen LogP contribution in [-0.4, -0.2) is 27.3 Å². The van der Waals surface area contributed by atoms with Crippen molar-refractivity contribution in [3.8, 4) is 0 Å². The average Bonchev–Trinajstić information content (AvgIpc) is 2.34. The van der Waals surface area contributed by atoms with E-state index < -0.39 is 50.0 Å². The normalized spacial score (nSPS) is 9.33. The summed E-state index contributed by atoms with van der Waals surface area (Å²) in [5, 5.41) is 44.3. The van der Waals surface area contributed by atoms with Gasteiger partial charge >= 0.3 is 40.9 Å². The minimum absolute atomic E-state index is 0. The number of nitro benzene ring substituents is 3. The van der Waals surface area contributed by atoms with Crippen LogP contribution < -0.4 is 40.0 Å². The predicted molar refractivity (Wildman–Crippen MR) is 59.9 cm³/mol. The van der Waals surface area contributed by atoms with Crippen molar-refractivity contribution >= 4 is 28.7 Å². The summed E-state index contributed by atoms with van der Waals surface area (Å²) in [4.78, 5) is 39.2. The van der Waals surface area contributed by atoms with E-state index in [4.69, 9.17) is 0 Å². The second-order valence-corrected chi connectivity index (χ2v) is 3.36. The topological polar surface area (TPSA) is 182 Å². The van der Waals surface area contributed by atoms with Gasteiger partial charge < -0.3 is 15.2 Å². The molecule has 0 unspecified atom stereocenters. The van der Waals surface area contributed by atoms with Gasteiger partial charge in [-0.25, -0.2) is 0 Å². The van der Waals surface area contributed by atoms with Gasteiger partial charge in [0.15, 0.2) is 5.69 Å². The Hall–Kier alpha value is -2.31. The molecule has 13 heteroatoms. The van der Waals surface area contributed by atoms with Crippen molar-refractivity contribution in [3.05, 3.63) is 42.5 Å². The summed E-state index contributed by atoms with van der Waals surface area (Å²) in [5.74, 6) is -1.66. The number of hydrogen-bond donors (Lipinski definition) is 1. The molecular weight excluding hydrogens is 303 g/mol. The van der Waals surface area contributed by atoms with E-state index in [9.17, 15) is 40.2 Å². The molecule has 1 N–H and O–H groups in total. The van der Waals surface area contributed by atoms with Crippen LogP contribution in [0.25, 0.3) is 0 Å². The number of carboxylic acid groups (broad SMARTS) is 1. The third-order valence-corrected chi connectivity index (χ3v) is 2.10. The number of carbonyl (C=O) groups excluding carboxylic acids is 1. The molecule has 0 aliphatic heterocycles. The summed E-state index contributed by atoms with van der Waals surface area (Å²) in [5.41, 5.74) is -3.56. The van der Waals surface area contributed by atoms with E-state index in [1.165, 1.54) is 0 Å². The van der Waals surface area contributed by atoms with Crippen LogP contribution in [0.15, 0.2) is 12.1 Å². The Morgan fingerprint density at radius 1 is 1.00 bits per heavy atom. The Labute approximate surface area is 137 Å². The van der Waals surface area contributed by atoms with Gasteiger partial charge in [0.1, 0.15) is 0 Å². The van der Waals surface area contributed by atoms with Crippen LogP contribution in [0.1, 0.15) is 0 Å². The maximum Gasteiger partial charge on any atom is 1.00 e. The monoisotopic (exact) mass is 308 g/mol. The Morgan fingerprint density at radius 2 is 1.43 bits per heavy atom. The molecule has 106 valence electrons. The van der Waals surface area contributed by atoms with Gasteiger partial charge in [-0.3, -0.25) is 30.3 Å². The maximum absolute atomic E-state index is 10.8. The molecule has 0 saturated carbocycles. The SMILES string of the molecule is O=C([O-])CNc1c([N+](=O)[O-])cc([N+](=O)[O-])cc1[N+](=O)[O-].[Na+]. The molecule has 0 aliphatic carbocycles. The Balaban J connectivity index is 0.00000400. The number of nitrogens with one attached hydrogen (secondary N) is 1. The number of carbonyl (C=O) groups is 1. The fourth-order valence-electron chi connectivity index (χ4n) is 1.33. The van der Waals surface area contributed by atoms with E-state index in [1.54, 1.807) is 0 Å². The molecule has 1 aromatic carbocycles. The van der Waals surface area contributed by atoms with Crippen LogP contribution in [0.4, 0.5) is 22.7 Å². The fourth-order valence-corrected chi connectivity index (χ4v) is 1.33. The molecule has 1 aromatic rings. The van der Waals surface area contributed by atoms with Crippen molar-refractivity contribution in [2.45, 2.75) is 0 Å². The van der Waals surface area contributed by atoms with Gasteiger partial charge in [-0.05, 0) is 0 Å². The molecule has 12 nitrogen and oxygen atoms in total. The maximum atomic E-state index is 10.8. The summed E-state index contributed by atoms with van der Waals surface area (Å²) in [6.07, 6.45) is 0. The number of non-ortho nitro benzene ring substituents is 1. The zero-order chi connectivity index (χ0) is 15.4. The minimum Gasteiger partial charge on any atom is -0.548 e. The van der Waals surface area contributed by atoms with Gasteiger partial charge in [0, 0.05) is 0 Å². The van der Waals surface area contributed by atoms with Crippen molar-refractivity contribution in [2.24, 2.45) is 0 Å². The molecule has 0 aromatic heterocycles. The molecule has 0 saturated heterocycles. The quantitative estimate of drug-likeness (QED) is 0.317. The van der Waals surface area contributed by atoms with E-state index in [1.807, 2.05) is 5.32 Å². The molecule has 0 aliphatic rings. The minimum atomic E-state index is -1.66. The summed E-state index contributed by atoms with van der Waals surface area (Å²) in [6.45, 7) is -0.931. The van der Waals surface area contributed by atoms with Gasteiger partial charge in [0.2, 0.25) is 0 Å². The zero-order valence-electron chi connectivity index (χ0n) is 10.5. The van der Waals surface area contributed by atoms with Crippen molar-refractivity contribution < 1.29 is 54.2 Å². The third kappa shape index (κ3) is 4.62. The number of carboxylic acids is 1. The summed E-state index contributed by atoms with van der Waals surface area (Å²) in [6, 6.07) is 0.981. The summed E-state index contributed by atoms with van der Waals surface area (Å²) >= 11 is 0. The molecule has 0 heterocycles. The first-order valence-electron chi connectivity index (χ1n) is 4.79. The van der Waals surface area contributed by atoms with Crippen LogP contribution in [0.5, 0.6) is 0 Å². The Bertz CT molecular complexity index is 583. The van der Waals surface area contributed by atoms with Gasteiger partial charge in [0.25, 0.3) is 5.69 Å². The number of rotatable bonds is 6. The molecule has 0 amide bonds. The molecular formula is C8H5N4NaO8. The van der Waals surface area contributed by atoms with Crippen molar-refractivity contribution in [1.82, 2.24) is 0 Å². The van der Waals surface area contributed by atoms with Crippen molar-refractivity contribution in [2.75, 3.05) is 11.9 Å². The van der Waals surface area contributed by atoms with Gasteiger partial charge in [-0.15, -0.1) is 0 Å². The van der Waals surface area contributed by atoms with E-state index >= 15 is 0 Å². The van der Waals surface area contributed by atoms with Crippen LogP contribution in [-0.2, 0) is 4.79 Å². The van der Waals surface area contributed by atoms with Gasteiger partial charge in [-0.2, -0.15) is 0 Å². The first kappa shape index (κ1) is 18.7. The molecule has 0 atom stereocenters. The smallest absolute Gasteiger partial charge is 0.548 e. The average molecular weight is 308 g/mol. The molecule has 0 fully saturated rings. The van der Waals surface area contributed by atoms with Crippen molar-refractivity contribution in [1.29, 1.82) is 0 Å². The van der Waals surface area contributed by atoms with Gasteiger partial charge in [0.05, 0.1) is 39.4 Å². The first-order valence-corrected chi connectivity index (χ1v) is 4.79. The van der Waals surface area contributed by atoms with Crippen LogP contribution in [0, 0.1) is 30.3 Å². The van der Waals surface area contributed by atoms with Crippen LogP contribution >= 0.6 is 0 Å². The molecule has 21 heavy (non-hydrogen) atoms. The first-order chi connectivity index (χ1) is 9.23. The van der Waals surface area contributed by atoms with Gasteiger partial charge in [-0.1, -0.05) is 0 Å². The van der Waals surface area contributed by atoms with E-state index in [0.29, 0.717) is 12.1 Å². The molecule has 1 rings (SSSR count). The number of anilines is 1. The number of hydrogen-bond acceptors (Lipinski definition) is 9. The van der Waals surface area contributed by atoms with Crippen LogP contribution in [0.3, 0.4) is 0 Å².